The number of methoxy groups -OCH3 is 1. The second-order valence-electron chi connectivity index (χ2n) is 6.10. The van der Waals surface area contributed by atoms with Crippen molar-refractivity contribution in [2.24, 2.45) is 0 Å². The first kappa shape index (κ1) is 19.3. The first-order valence-corrected chi connectivity index (χ1v) is 8.98. The molecule has 0 aliphatic carbocycles. The molecule has 0 fully saturated rings. The molecule has 0 saturated heterocycles. The van der Waals surface area contributed by atoms with E-state index in [1.165, 1.54) is 31.7 Å². The fourth-order valence-electron chi connectivity index (χ4n) is 2.62. The summed E-state index contributed by atoms with van der Waals surface area (Å²) in [6, 6.07) is 12.5. The topological polar surface area (TPSA) is 30.5 Å². The highest BCUT2D eigenvalue weighted by Gasteiger charge is 2.08. The van der Waals surface area contributed by atoms with Crippen molar-refractivity contribution in [3.8, 4) is 11.5 Å². The van der Waals surface area contributed by atoms with E-state index in [2.05, 4.69) is 12.2 Å². The lowest BCUT2D eigenvalue weighted by molar-refractivity contribution is 0.279. The van der Waals surface area contributed by atoms with Crippen molar-refractivity contribution in [1.29, 1.82) is 0 Å². The van der Waals surface area contributed by atoms with Gasteiger partial charge in [-0.1, -0.05) is 50.5 Å². The van der Waals surface area contributed by atoms with E-state index in [1.807, 2.05) is 18.2 Å². The number of ether oxygens (including phenoxy) is 2. The summed E-state index contributed by atoms with van der Waals surface area (Å²) < 4.78 is 24.8. The summed E-state index contributed by atoms with van der Waals surface area (Å²) in [5.41, 5.74) is 1.67. The van der Waals surface area contributed by atoms with Crippen LogP contribution in [-0.2, 0) is 13.2 Å². The van der Waals surface area contributed by atoms with Crippen LogP contribution in [0.25, 0.3) is 0 Å². The molecule has 25 heavy (non-hydrogen) atoms. The van der Waals surface area contributed by atoms with E-state index in [-0.39, 0.29) is 12.4 Å². The summed E-state index contributed by atoms with van der Waals surface area (Å²) in [6.07, 6.45) is 5.03. The highest BCUT2D eigenvalue weighted by Crippen LogP contribution is 2.29. The van der Waals surface area contributed by atoms with E-state index in [4.69, 9.17) is 9.47 Å². The molecule has 2 rings (SSSR count). The summed E-state index contributed by atoms with van der Waals surface area (Å²) in [7, 11) is 1.62. The first-order valence-electron chi connectivity index (χ1n) is 8.98. The van der Waals surface area contributed by atoms with Gasteiger partial charge in [0.1, 0.15) is 12.4 Å². The van der Waals surface area contributed by atoms with Gasteiger partial charge >= 0.3 is 0 Å². The standard InChI is InChI=1S/C21H28FNO2/c1-3-4-5-8-13-23-15-17-11-12-20(21(14-17)24-2)25-16-18-9-6-7-10-19(18)22/h6-7,9-12,14,23H,3-5,8,13,15-16H2,1-2H3. The Morgan fingerprint density at radius 2 is 1.84 bits per heavy atom. The molecule has 2 aromatic carbocycles. The van der Waals surface area contributed by atoms with Crippen LogP contribution in [0.2, 0.25) is 0 Å². The Hall–Kier alpha value is -2.07. The summed E-state index contributed by atoms with van der Waals surface area (Å²) >= 11 is 0. The minimum atomic E-state index is -0.259. The van der Waals surface area contributed by atoms with Crippen LogP contribution in [0.5, 0.6) is 11.5 Å². The molecule has 0 heterocycles. The van der Waals surface area contributed by atoms with Crippen molar-refractivity contribution in [1.82, 2.24) is 5.32 Å². The number of hydrogen-bond acceptors (Lipinski definition) is 3. The second-order valence-corrected chi connectivity index (χ2v) is 6.10. The fourth-order valence-corrected chi connectivity index (χ4v) is 2.62. The Kier molecular flexibility index (Phi) is 8.26. The number of unbranched alkanes of at least 4 members (excludes halogenated alkanes) is 3. The van der Waals surface area contributed by atoms with Crippen LogP contribution in [0.3, 0.4) is 0 Å². The van der Waals surface area contributed by atoms with E-state index in [1.54, 1.807) is 25.3 Å². The van der Waals surface area contributed by atoms with Gasteiger partial charge in [0.25, 0.3) is 0 Å². The second kappa shape index (κ2) is 10.7. The molecule has 2 aromatic rings. The molecule has 0 aliphatic rings. The minimum absolute atomic E-state index is 0.179. The number of halogens is 1. The number of rotatable bonds is 11. The van der Waals surface area contributed by atoms with Crippen molar-refractivity contribution < 1.29 is 13.9 Å². The molecule has 0 aromatic heterocycles. The predicted molar refractivity (Wildman–Crippen MR) is 99.6 cm³/mol. The van der Waals surface area contributed by atoms with Gasteiger partial charge in [-0.3, -0.25) is 0 Å². The van der Waals surface area contributed by atoms with Crippen LogP contribution >= 0.6 is 0 Å². The average Bonchev–Trinajstić information content (AvgIpc) is 2.64. The molecule has 0 spiro atoms. The fraction of sp³-hybridized carbons (Fsp3) is 0.429. The van der Waals surface area contributed by atoms with Crippen LogP contribution in [0.15, 0.2) is 42.5 Å². The molecule has 0 unspecified atom stereocenters. The Labute approximate surface area is 150 Å². The third kappa shape index (κ3) is 6.39. The summed E-state index contributed by atoms with van der Waals surface area (Å²) in [4.78, 5) is 0. The zero-order valence-electron chi connectivity index (χ0n) is 15.2. The maximum Gasteiger partial charge on any atom is 0.161 e. The highest BCUT2D eigenvalue weighted by atomic mass is 19.1. The highest BCUT2D eigenvalue weighted by molar-refractivity contribution is 5.43. The third-order valence-corrected chi connectivity index (χ3v) is 4.11. The number of nitrogens with one attached hydrogen (secondary N) is 1. The first-order chi connectivity index (χ1) is 12.2. The Bertz CT molecular complexity index is 646. The molecular weight excluding hydrogens is 317 g/mol. The van der Waals surface area contributed by atoms with Gasteiger partial charge in [-0.25, -0.2) is 4.39 Å². The van der Waals surface area contributed by atoms with Crippen LogP contribution in [0.1, 0.15) is 43.7 Å². The Morgan fingerprint density at radius 1 is 1.00 bits per heavy atom. The zero-order chi connectivity index (χ0) is 17.9. The van der Waals surface area contributed by atoms with Crippen molar-refractivity contribution in [3.63, 3.8) is 0 Å². The molecule has 3 nitrogen and oxygen atoms in total. The van der Waals surface area contributed by atoms with Gasteiger partial charge in [-0.2, -0.15) is 0 Å². The monoisotopic (exact) mass is 345 g/mol. The smallest absolute Gasteiger partial charge is 0.161 e. The molecule has 1 N–H and O–H groups in total. The van der Waals surface area contributed by atoms with Gasteiger partial charge in [0.05, 0.1) is 7.11 Å². The minimum Gasteiger partial charge on any atom is -0.493 e. The average molecular weight is 345 g/mol. The SMILES string of the molecule is CCCCCCNCc1ccc(OCc2ccccc2F)c(OC)c1. The lowest BCUT2D eigenvalue weighted by atomic mass is 10.2. The van der Waals surface area contributed by atoms with Crippen LogP contribution in [0.4, 0.5) is 4.39 Å². The molecular formula is C21H28FNO2. The quantitative estimate of drug-likeness (QED) is 0.576. The van der Waals surface area contributed by atoms with Gasteiger partial charge in [0.2, 0.25) is 0 Å². The maximum absolute atomic E-state index is 13.7. The Morgan fingerprint density at radius 3 is 2.60 bits per heavy atom. The summed E-state index contributed by atoms with van der Waals surface area (Å²) in [5.74, 6) is 1.03. The maximum atomic E-state index is 13.7. The van der Waals surface area contributed by atoms with Crippen molar-refractivity contribution in [2.45, 2.75) is 45.8 Å². The molecule has 136 valence electrons. The van der Waals surface area contributed by atoms with Gasteiger partial charge in [-0.05, 0) is 36.7 Å². The third-order valence-electron chi connectivity index (χ3n) is 4.11. The molecule has 0 atom stereocenters. The van der Waals surface area contributed by atoms with E-state index in [9.17, 15) is 4.39 Å². The number of benzene rings is 2. The van der Waals surface area contributed by atoms with Crippen LogP contribution in [-0.4, -0.2) is 13.7 Å². The van der Waals surface area contributed by atoms with E-state index in [0.717, 1.165) is 18.7 Å². The van der Waals surface area contributed by atoms with Crippen molar-refractivity contribution in [2.75, 3.05) is 13.7 Å². The predicted octanol–water partition coefficient (Wildman–Crippen LogP) is 5.08. The largest absolute Gasteiger partial charge is 0.493 e. The molecule has 0 amide bonds. The van der Waals surface area contributed by atoms with E-state index in [0.29, 0.717) is 17.1 Å². The Balaban J connectivity index is 1.87. The molecule has 0 saturated carbocycles. The van der Waals surface area contributed by atoms with Crippen molar-refractivity contribution in [3.05, 3.63) is 59.4 Å². The van der Waals surface area contributed by atoms with Crippen LogP contribution < -0.4 is 14.8 Å². The number of hydrogen-bond donors (Lipinski definition) is 1. The van der Waals surface area contributed by atoms with Gasteiger partial charge in [0, 0.05) is 12.1 Å². The van der Waals surface area contributed by atoms with Gasteiger partial charge < -0.3 is 14.8 Å². The molecule has 4 heteroatoms. The van der Waals surface area contributed by atoms with Crippen LogP contribution in [0, 0.1) is 5.82 Å². The van der Waals surface area contributed by atoms with Gasteiger partial charge in [-0.15, -0.1) is 0 Å². The molecule has 0 bridgehead atoms. The zero-order valence-corrected chi connectivity index (χ0v) is 15.2. The lowest BCUT2D eigenvalue weighted by Gasteiger charge is -2.13. The van der Waals surface area contributed by atoms with E-state index < -0.39 is 0 Å². The summed E-state index contributed by atoms with van der Waals surface area (Å²) in [5, 5.41) is 3.45. The molecule has 0 aliphatic heterocycles. The molecule has 0 radical (unpaired) electrons. The van der Waals surface area contributed by atoms with Gasteiger partial charge in [0.15, 0.2) is 11.5 Å². The normalized spacial score (nSPS) is 10.7. The van der Waals surface area contributed by atoms with Crippen molar-refractivity contribution >= 4 is 0 Å². The van der Waals surface area contributed by atoms with E-state index >= 15 is 0 Å². The summed E-state index contributed by atoms with van der Waals surface area (Å²) in [6.45, 7) is 4.22. The lowest BCUT2D eigenvalue weighted by Crippen LogP contribution is -2.14.